The number of hydrogen-bond donors (Lipinski definition) is 3. The molecule has 0 radical (unpaired) electrons. The Morgan fingerprint density at radius 2 is 1.62 bits per heavy atom. The zero-order chi connectivity index (χ0) is 31.0. The summed E-state index contributed by atoms with van der Waals surface area (Å²) in [5.74, 6) is 3.74. The molecule has 1 aliphatic heterocycles. The van der Waals surface area contributed by atoms with Crippen molar-refractivity contribution < 1.29 is 18.8 Å². The van der Waals surface area contributed by atoms with Crippen molar-refractivity contribution in [2.24, 2.45) is 29.1 Å². The van der Waals surface area contributed by atoms with Gasteiger partial charge in [0.15, 0.2) is 0 Å². The van der Waals surface area contributed by atoms with E-state index in [4.69, 9.17) is 9.26 Å². The molecule has 2 aromatic rings. The first-order valence-corrected chi connectivity index (χ1v) is 18.4. The highest BCUT2D eigenvalue weighted by atomic mass is 32.2. The number of aromatic nitrogens is 1. The Hall–Kier alpha value is -2.52. The number of anilines is 1. The van der Waals surface area contributed by atoms with Crippen LogP contribution in [0.4, 0.5) is 5.69 Å². The maximum atomic E-state index is 13.8. The number of thioether (sulfide) groups is 1. The van der Waals surface area contributed by atoms with Gasteiger partial charge in [-0.25, -0.2) is 0 Å². The van der Waals surface area contributed by atoms with Crippen molar-refractivity contribution in [3.05, 3.63) is 35.6 Å². The van der Waals surface area contributed by atoms with E-state index in [1.807, 2.05) is 26.0 Å². The van der Waals surface area contributed by atoms with Gasteiger partial charge in [0.1, 0.15) is 11.5 Å². The van der Waals surface area contributed by atoms with Crippen LogP contribution in [0.2, 0.25) is 0 Å². The number of benzene rings is 1. The second-order valence-electron chi connectivity index (χ2n) is 15.2. The smallest absolute Gasteiger partial charge is 0.291 e. The zero-order valence-corrected chi connectivity index (χ0v) is 27.8. The topological polar surface area (TPSA) is 105 Å². The van der Waals surface area contributed by atoms with E-state index in [0.717, 1.165) is 56.3 Å². The average molecular weight is 635 g/mol. The summed E-state index contributed by atoms with van der Waals surface area (Å²) in [7, 11) is 0. The maximum absolute atomic E-state index is 13.8. The lowest BCUT2D eigenvalue weighted by Gasteiger charge is -2.54. The van der Waals surface area contributed by atoms with Crippen molar-refractivity contribution in [1.29, 1.82) is 0 Å². The van der Waals surface area contributed by atoms with E-state index in [0.29, 0.717) is 33.8 Å². The molecule has 8 nitrogen and oxygen atoms in total. The molecule has 6 fully saturated rings. The number of ether oxygens (including phenoxy) is 1. The van der Waals surface area contributed by atoms with Crippen LogP contribution in [0.3, 0.4) is 0 Å². The predicted molar refractivity (Wildman–Crippen MR) is 177 cm³/mol. The number of carbonyl (C=O) groups excluding carboxylic acids is 2. The molecule has 0 spiro atoms. The predicted octanol–water partition coefficient (Wildman–Crippen LogP) is 7.16. The van der Waals surface area contributed by atoms with Crippen LogP contribution in [0, 0.1) is 29.1 Å². The van der Waals surface area contributed by atoms with E-state index in [-0.39, 0.29) is 30.2 Å². The summed E-state index contributed by atoms with van der Waals surface area (Å²) < 4.78 is 12.0. The van der Waals surface area contributed by atoms with E-state index in [2.05, 4.69) is 33.2 Å². The highest BCUT2D eigenvalue weighted by Gasteiger charge is 2.49. The molecule has 1 aromatic heterocycles. The lowest BCUT2D eigenvalue weighted by molar-refractivity contribution is -0.125. The van der Waals surface area contributed by atoms with Crippen molar-refractivity contribution >= 4 is 29.3 Å². The minimum absolute atomic E-state index is 0.118. The van der Waals surface area contributed by atoms with E-state index < -0.39 is 5.41 Å². The van der Waals surface area contributed by atoms with Crippen molar-refractivity contribution in [2.75, 3.05) is 25.0 Å². The Balaban J connectivity index is 1.01. The molecule has 8 rings (SSSR count). The molecule has 2 amide bonds. The lowest BCUT2D eigenvalue weighted by Crippen LogP contribution is -2.55. The number of amides is 2. The fourth-order valence-corrected chi connectivity index (χ4v) is 10.3. The molecule has 5 aliphatic carbocycles. The monoisotopic (exact) mass is 634 g/mol. The minimum Gasteiger partial charge on any atom is -0.474 e. The fourth-order valence-electron chi connectivity index (χ4n) is 8.94. The molecule has 9 heteroatoms. The minimum atomic E-state index is -0.831. The van der Waals surface area contributed by atoms with Crippen molar-refractivity contribution in [1.82, 2.24) is 15.8 Å². The van der Waals surface area contributed by atoms with Crippen molar-refractivity contribution in [3.63, 3.8) is 0 Å². The normalized spacial score (nSPS) is 28.6. The number of hydrogen-bond acceptors (Lipinski definition) is 7. The number of nitrogens with one attached hydrogen (secondary N) is 3. The van der Waals surface area contributed by atoms with Gasteiger partial charge in [-0.2, -0.15) is 0 Å². The number of piperidine rings is 1. The van der Waals surface area contributed by atoms with Crippen LogP contribution in [0.5, 0.6) is 5.88 Å². The molecular formula is C36H50N4O4S. The van der Waals surface area contributed by atoms with Crippen LogP contribution in [0.15, 0.2) is 33.7 Å². The average Bonchev–Trinajstić information content (AvgIpc) is 3.45. The Bertz CT molecular complexity index is 1320. The highest BCUT2D eigenvalue weighted by Crippen LogP contribution is 2.54. The first-order chi connectivity index (χ1) is 21.8. The van der Waals surface area contributed by atoms with E-state index >= 15 is 0 Å². The molecule has 3 N–H and O–H groups in total. The Morgan fingerprint density at radius 3 is 2.29 bits per heavy atom. The van der Waals surface area contributed by atoms with E-state index in [9.17, 15) is 9.59 Å². The van der Waals surface area contributed by atoms with Gasteiger partial charge in [-0.1, -0.05) is 31.4 Å². The maximum Gasteiger partial charge on any atom is 0.291 e. The van der Waals surface area contributed by atoms with Crippen LogP contribution in [-0.4, -0.2) is 48.0 Å². The van der Waals surface area contributed by atoms with Gasteiger partial charge < -0.3 is 25.2 Å². The number of rotatable bonds is 10. The van der Waals surface area contributed by atoms with E-state index in [1.165, 1.54) is 56.9 Å². The second-order valence-corrected chi connectivity index (χ2v) is 16.5. The van der Waals surface area contributed by atoms with Gasteiger partial charge in [-0.15, -0.1) is 11.8 Å². The molecular weight excluding hydrogens is 584 g/mol. The van der Waals surface area contributed by atoms with Gasteiger partial charge in [0.05, 0.1) is 5.41 Å². The summed E-state index contributed by atoms with van der Waals surface area (Å²) in [6.45, 7) is 5.98. The summed E-state index contributed by atoms with van der Waals surface area (Å²) in [5, 5.41) is 14.6. The number of nitrogens with zero attached hydrogens (tertiary/aromatic N) is 1. The molecule has 1 aromatic carbocycles. The molecule has 0 atom stereocenters. The molecule has 5 saturated carbocycles. The van der Waals surface area contributed by atoms with Crippen LogP contribution in [0.25, 0.3) is 0 Å². The van der Waals surface area contributed by atoms with Gasteiger partial charge in [-0.3, -0.25) is 9.59 Å². The quantitative estimate of drug-likeness (QED) is 0.255. The van der Waals surface area contributed by atoms with Gasteiger partial charge in [0.25, 0.3) is 11.8 Å². The third-order valence-corrected chi connectivity index (χ3v) is 12.8. The molecule has 0 unspecified atom stereocenters. The third-order valence-electron chi connectivity index (χ3n) is 11.4. The molecule has 1 saturated heterocycles. The van der Waals surface area contributed by atoms with Gasteiger partial charge in [0.2, 0.25) is 11.7 Å². The van der Waals surface area contributed by atoms with Gasteiger partial charge >= 0.3 is 0 Å². The summed E-state index contributed by atoms with van der Waals surface area (Å²) in [5.41, 5.74) is 1.28. The van der Waals surface area contributed by atoms with Crippen LogP contribution < -0.4 is 20.7 Å². The Morgan fingerprint density at radius 1 is 0.956 bits per heavy atom. The highest BCUT2D eigenvalue weighted by molar-refractivity contribution is 8.00. The summed E-state index contributed by atoms with van der Waals surface area (Å²) in [6.07, 6.45) is 14.5. The van der Waals surface area contributed by atoms with Crippen molar-refractivity contribution in [3.8, 4) is 5.88 Å². The van der Waals surface area contributed by atoms with E-state index in [1.54, 1.807) is 11.8 Å². The summed E-state index contributed by atoms with van der Waals surface area (Å²) >= 11 is 1.67. The molecule has 6 aliphatic rings. The second kappa shape index (κ2) is 13.3. The van der Waals surface area contributed by atoms with Gasteiger partial charge in [0, 0.05) is 17.0 Å². The summed E-state index contributed by atoms with van der Waals surface area (Å²) in [6, 6.07) is 8.49. The first kappa shape index (κ1) is 31.1. The lowest BCUT2D eigenvalue weighted by atomic mass is 9.54. The zero-order valence-electron chi connectivity index (χ0n) is 26.9. The number of carbonyl (C=O) groups is 2. The largest absolute Gasteiger partial charge is 0.474 e. The standard InChI is InChI=1S/C36H50N4O4S/c1-36(2,35(42)38-28-10-8-24(9-11-28)25-12-14-37-15-13-25)21-43-34-32(45-29-6-4-3-5-7-29)31(44-40-34)33(41)39-30-26-17-22-16-23(19-26)20-27(30)18-22/h8-11,22-23,25-27,29-30,37H,3-7,12-21H2,1-2H3,(H,38,42)(H,39,41). The van der Waals surface area contributed by atoms with Gasteiger partial charge in [-0.05, 0) is 137 Å². The summed E-state index contributed by atoms with van der Waals surface area (Å²) in [4.78, 5) is 27.8. The molecule has 244 valence electrons. The fraction of sp³-hybridized carbons (Fsp3) is 0.694. The third kappa shape index (κ3) is 6.95. The van der Waals surface area contributed by atoms with Crippen LogP contribution in [0.1, 0.15) is 113 Å². The van der Waals surface area contributed by atoms with Crippen LogP contribution >= 0.6 is 11.8 Å². The van der Waals surface area contributed by atoms with Crippen LogP contribution in [-0.2, 0) is 4.79 Å². The SMILES string of the molecule is CC(C)(COc1noc(C(=O)NC2C3CC4CC(C3)CC2C4)c1SC1CCCCC1)C(=O)Nc1ccc(C2CCNCC2)cc1. The molecule has 45 heavy (non-hydrogen) atoms. The molecule has 2 heterocycles. The Kier molecular flexibility index (Phi) is 9.19. The molecule has 4 bridgehead atoms. The first-order valence-electron chi connectivity index (χ1n) is 17.5. The Labute approximate surface area is 271 Å². The van der Waals surface area contributed by atoms with Crippen molar-refractivity contribution in [2.45, 2.75) is 113 Å².